The van der Waals surface area contributed by atoms with E-state index in [0.29, 0.717) is 31.3 Å². The Balaban J connectivity index is 2.67. The van der Waals surface area contributed by atoms with Gasteiger partial charge in [0.25, 0.3) is 0 Å². The van der Waals surface area contributed by atoms with Gasteiger partial charge in [-0.05, 0) is 31.6 Å². The topological polar surface area (TPSA) is 70.1 Å². The molecule has 0 aliphatic heterocycles. The van der Waals surface area contributed by atoms with Gasteiger partial charge in [-0.1, -0.05) is 13.8 Å². The van der Waals surface area contributed by atoms with Crippen LogP contribution in [-0.2, 0) is 4.79 Å². The third-order valence-corrected chi connectivity index (χ3v) is 3.25. The lowest BCUT2D eigenvalue weighted by molar-refractivity contribution is -0.137. The first-order valence-electron chi connectivity index (χ1n) is 6.34. The maximum absolute atomic E-state index is 12.4. The van der Waals surface area contributed by atoms with Crippen molar-refractivity contribution in [1.29, 1.82) is 5.26 Å². The van der Waals surface area contributed by atoms with Crippen LogP contribution in [0.1, 0.15) is 40.0 Å². The minimum atomic E-state index is -0.746. The van der Waals surface area contributed by atoms with E-state index < -0.39 is 5.54 Å². The van der Waals surface area contributed by atoms with Gasteiger partial charge in [-0.3, -0.25) is 4.79 Å². The summed E-state index contributed by atoms with van der Waals surface area (Å²) in [5.41, 5.74) is 5.39. The first kappa shape index (κ1) is 14.0. The number of amides is 1. The summed E-state index contributed by atoms with van der Waals surface area (Å²) in [7, 11) is 0. The lowest BCUT2D eigenvalue weighted by Gasteiger charge is -2.32. The Morgan fingerprint density at radius 1 is 1.59 bits per heavy atom. The molecule has 0 aromatic carbocycles. The van der Waals surface area contributed by atoms with Crippen molar-refractivity contribution < 1.29 is 4.79 Å². The Hall–Kier alpha value is -1.08. The average molecular weight is 237 g/mol. The summed E-state index contributed by atoms with van der Waals surface area (Å²) in [5, 5.41) is 8.64. The van der Waals surface area contributed by atoms with Crippen LogP contribution >= 0.6 is 0 Å². The van der Waals surface area contributed by atoms with Gasteiger partial charge >= 0.3 is 0 Å². The molecule has 1 aliphatic rings. The fourth-order valence-electron chi connectivity index (χ4n) is 2.10. The van der Waals surface area contributed by atoms with Gasteiger partial charge in [0.15, 0.2) is 0 Å². The van der Waals surface area contributed by atoms with Crippen LogP contribution in [0.2, 0.25) is 0 Å². The van der Waals surface area contributed by atoms with Crippen LogP contribution in [0, 0.1) is 23.2 Å². The van der Waals surface area contributed by atoms with Gasteiger partial charge in [0, 0.05) is 13.1 Å². The molecule has 1 aliphatic carbocycles. The number of hydrogen-bond acceptors (Lipinski definition) is 3. The minimum absolute atomic E-state index is 0.00366. The monoisotopic (exact) mass is 237 g/mol. The quantitative estimate of drug-likeness (QED) is 0.761. The lowest BCUT2D eigenvalue weighted by Crippen LogP contribution is -2.55. The smallest absolute Gasteiger partial charge is 0.242 e. The number of nitriles is 1. The van der Waals surface area contributed by atoms with Gasteiger partial charge in [0.05, 0.1) is 18.0 Å². The number of nitrogens with zero attached hydrogens (tertiary/aromatic N) is 2. The van der Waals surface area contributed by atoms with E-state index in [1.54, 1.807) is 4.90 Å². The summed E-state index contributed by atoms with van der Waals surface area (Å²) in [5.74, 6) is 0.725. The summed E-state index contributed by atoms with van der Waals surface area (Å²) >= 11 is 0. The molecule has 1 unspecified atom stereocenters. The van der Waals surface area contributed by atoms with Gasteiger partial charge in [-0.2, -0.15) is 5.26 Å². The van der Waals surface area contributed by atoms with E-state index in [4.69, 9.17) is 11.0 Å². The van der Waals surface area contributed by atoms with Crippen molar-refractivity contribution in [1.82, 2.24) is 4.90 Å². The van der Waals surface area contributed by atoms with Crippen LogP contribution in [-0.4, -0.2) is 29.4 Å². The van der Waals surface area contributed by atoms with Crippen molar-refractivity contribution >= 4 is 5.91 Å². The Morgan fingerprint density at radius 2 is 2.18 bits per heavy atom. The van der Waals surface area contributed by atoms with Crippen LogP contribution in [0.4, 0.5) is 0 Å². The molecule has 1 atom stereocenters. The van der Waals surface area contributed by atoms with E-state index in [0.717, 1.165) is 12.8 Å². The number of carbonyl (C=O) groups excluding carboxylic acids is 1. The fraction of sp³-hybridized carbons (Fsp3) is 0.846. The molecule has 0 heterocycles. The molecule has 0 aromatic heterocycles. The van der Waals surface area contributed by atoms with E-state index in [9.17, 15) is 4.79 Å². The minimum Gasteiger partial charge on any atom is -0.340 e. The van der Waals surface area contributed by atoms with Crippen LogP contribution < -0.4 is 5.73 Å². The highest BCUT2D eigenvalue weighted by Crippen LogP contribution is 2.39. The zero-order valence-corrected chi connectivity index (χ0v) is 11.1. The Labute approximate surface area is 104 Å². The first-order valence-corrected chi connectivity index (χ1v) is 6.34. The third-order valence-electron chi connectivity index (χ3n) is 3.25. The summed E-state index contributed by atoms with van der Waals surface area (Å²) in [4.78, 5) is 14.1. The van der Waals surface area contributed by atoms with Gasteiger partial charge in [-0.25, -0.2) is 0 Å². The highest BCUT2D eigenvalue weighted by atomic mass is 16.2. The zero-order chi connectivity index (χ0) is 13.1. The molecule has 0 radical (unpaired) electrons. The van der Waals surface area contributed by atoms with E-state index >= 15 is 0 Å². The van der Waals surface area contributed by atoms with Crippen LogP contribution in [0.25, 0.3) is 0 Å². The Morgan fingerprint density at radius 3 is 2.59 bits per heavy atom. The molecule has 4 nitrogen and oxygen atoms in total. The summed E-state index contributed by atoms with van der Waals surface area (Å²) < 4.78 is 0. The number of rotatable bonds is 6. The second kappa shape index (κ2) is 5.50. The van der Waals surface area contributed by atoms with Crippen LogP contribution in [0.3, 0.4) is 0 Å². The highest BCUT2D eigenvalue weighted by Gasteiger charge is 2.45. The molecule has 17 heavy (non-hydrogen) atoms. The Kier molecular flexibility index (Phi) is 4.53. The van der Waals surface area contributed by atoms with Crippen molar-refractivity contribution in [2.24, 2.45) is 17.6 Å². The van der Waals surface area contributed by atoms with Crippen molar-refractivity contribution in [3.05, 3.63) is 0 Å². The Bertz CT molecular complexity index is 313. The van der Waals surface area contributed by atoms with Gasteiger partial charge in [0.2, 0.25) is 5.91 Å². The fourth-order valence-corrected chi connectivity index (χ4v) is 2.10. The highest BCUT2D eigenvalue weighted by molar-refractivity contribution is 5.86. The maximum Gasteiger partial charge on any atom is 0.242 e. The molecule has 4 heteroatoms. The summed E-state index contributed by atoms with van der Waals surface area (Å²) in [6, 6.07) is 2.09. The third kappa shape index (κ3) is 3.71. The zero-order valence-electron chi connectivity index (χ0n) is 11.1. The van der Waals surface area contributed by atoms with E-state index in [2.05, 4.69) is 19.9 Å². The largest absolute Gasteiger partial charge is 0.340 e. The van der Waals surface area contributed by atoms with Crippen molar-refractivity contribution in [2.75, 3.05) is 13.1 Å². The molecular formula is C13H23N3O. The summed E-state index contributed by atoms with van der Waals surface area (Å²) in [6.07, 6.45) is 2.47. The number of hydrogen-bond donors (Lipinski definition) is 1. The van der Waals surface area contributed by atoms with Crippen LogP contribution in [0.5, 0.6) is 0 Å². The first-order chi connectivity index (χ1) is 7.89. The average Bonchev–Trinajstić information content (AvgIpc) is 3.06. The number of nitrogens with two attached hydrogens (primary N) is 1. The molecular weight excluding hydrogens is 214 g/mol. The van der Waals surface area contributed by atoms with E-state index in [1.807, 2.05) is 6.92 Å². The predicted molar refractivity (Wildman–Crippen MR) is 67.0 cm³/mol. The van der Waals surface area contributed by atoms with E-state index in [1.165, 1.54) is 0 Å². The van der Waals surface area contributed by atoms with Crippen molar-refractivity contribution in [3.63, 3.8) is 0 Å². The molecule has 1 amide bonds. The molecule has 1 saturated carbocycles. The van der Waals surface area contributed by atoms with Crippen molar-refractivity contribution in [3.8, 4) is 6.07 Å². The SMILES string of the molecule is CC(C)CN(CCC#N)C(=O)C(C)(N)C1CC1. The summed E-state index contributed by atoms with van der Waals surface area (Å²) in [6.45, 7) is 7.13. The van der Waals surface area contributed by atoms with Gasteiger partial charge in [0.1, 0.15) is 0 Å². The molecule has 1 rings (SSSR count). The maximum atomic E-state index is 12.4. The molecule has 0 saturated heterocycles. The van der Waals surface area contributed by atoms with Gasteiger partial charge < -0.3 is 10.6 Å². The predicted octanol–water partition coefficient (Wildman–Crippen LogP) is 1.51. The molecule has 0 bridgehead atoms. The van der Waals surface area contributed by atoms with Crippen LogP contribution in [0.15, 0.2) is 0 Å². The van der Waals surface area contributed by atoms with Gasteiger partial charge in [-0.15, -0.1) is 0 Å². The molecule has 0 spiro atoms. The molecule has 0 aromatic rings. The second-order valence-electron chi connectivity index (χ2n) is 5.61. The normalized spacial score (nSPS) is 18.6. The molecule has 1 fully saturated rings. The van der Waals surface area contributed by atoms with E-state index in [-0.39, 0.29) is 5.91 Å². The second-order valence-corrected chi connectivity index (χ2v) is 5.61. The lowest BCUT2D eigenvalue weighted by atomic mass is 9.94. The van der Waals surface area contributed by atoms with Crippen molar-refractivity contribution in [2.45, 2.75) is 45.6 Å². The standard InChI is InChI=1S/C13H23N3O/c1-10(2)9-16(8-4-7-14)12(17)13(3,15)11-5-6-11/h10-11H,4-6,8-9,15H2,1-3H3. The molecule has 2 N–H and O–H groups in total. The number of carbonyl (C=O) groups is 1. The molecule has 96 valence electrons.